The lowest BCUT2D eigenvalue weighted by atomic mass is 9.93. The van der Waals surface area contributed by atoms with Gasteiger partial charge in [0.1, 0.15) is 15.9 Å². The minimum Gasteiger partial charge on any atom is -0.480 e. The fourth-order valence-electron chi connectivity index (χ4n) is 3.16. The van der Waals surface area contributed by atoms with Crippen LogP contribution in [0.2, 0.25) is 0 Å². The molecular formula is C18H18N2O6S. The van der Waals surface area contributed by atoms with E-state index in [0.29, 0.717) is 41.0 Å². The Morgan fingerprint density at radius 1 is 1.30 bits per heavy atom. The Balaban J connectivity index is 1.48. The van der Waals surface area contributed by atoms with E-state index in [0.717, 1.165) is 12.0 Å². The number of nitrogens with zero attached hydrogens (tertiary/aromatic N) is 1. The van der Waals surface area contributed by atoms with Gasteiger partial charge in [-0.05, 0) is 31.0 Å². The van der Waals surface area contributed by atoms with Crippen LogP contribution in [-0.2, 0) is 9.53 Å². The smallest absolute Gasteiger partial charge is 0.326 e. The third-order valence-electron chi connectivity index (χ3n) is 4.57. The van der Waals surface area contributed by atoms with Gasteiger partial charge < -0.3 is 24.6 Å². The van der Waals surface area contributed by atoms with E-state index in [1.54, 1.807) is 6.07 Å². The van der Waals surface area contributed by atoms with Crippen molar-refractivity contribution < 1.29 is 28.9 Å². The van der Waals surface area contributed by atoms with Gasteiger partial charge >= 0.3 is 5.97 Å². The van der Waals surface area contributed by atoms with E-state index in [4.69, 9.17) is 14.2 Å². The number of amides is 1. The van der Waals surface area contributed by atoms with Gasteiger partial charge in [-0.2, -0.15) is 0 Å². The SMILES string of the molecule is O=C(NC(C(=O)O)C1CCCOC1)c1cnc(-c2ccc3c(c2)OCO3)s1. The molecule has 142 valence electrons. The molecule has 2 unspecified atom stereocenters. The van der Waals surface area contributed by atoms with E-state index < -0.39 is 17.9 Å². The molecule has 27 heavy (non-hydrogen) atoms. The topological polar surface area (TPSA) is 107 Å². The number of aromatic nitrogens is 1. The molecule has 1 fully saturated rings. The van der Waals surface area contributed by atoms with Gasteiger partial charge in [0.05, 0.1) is 12.8 Å². The van der Waals surface area contributed by atoms with Crippen LogP contribution in [0.25, 0.3) is 10.6 Å². The molecule has 9 heteroatoms. The number of thiazole rings is 1. The van der Waals surface area contributed by atoms with Crippen molar-refractivity contribution in [2.45, 2.75) is 18.9 Å². The molecule has 0 saturated carbocycles. The van der Waals surface area contributed by atoms with Gasteiger partial charge in [-0.3, -0.25) is 4.79 Å². The fraction of sp³-hybridized carbons (Fsp3) is 0.389. The average Bonchev–Trinajstić information content (AvgIpc) is 3.35. The van der Waals surface area contributed by atoms with Gasteiger partial charge in [0.25, 0.3) is 5.91 Å². The summed E-state index contributed by atoms with van der Waals surface area (Å²) >= 11 is 1.20. The first-order chi connectivity index (χ1) is 13.1. The molecule has 0 spiro atoms. The Morgan fingerprint density at radius 2 is 2.15 bits per heavy atom. The molecule has 4 rings (SSSR count). The second-order valence-corrected chi connectivity index (χ2v) is 7.39. The van der Waals surface area contributed by atoms with Crippen molar-refractivity contribution in [3.05, 3.63) is 29.3 Å². The van der Waals surface area contributed by atoms with Gasteiger partial charge in [-0.15, -0.1) is 11.3 Å². The zero-order chi connectivity index (χ0) is 18.8. The first kappa shape index (κ1) is 17.7. The molecule has 1 aromatic carbocycles. The lowest BCUT2D eigenvalue weighted by Crippen LogP contribution is -2.48. The van der Waals surface area contributed by atoms with Crippen molar-refractivity contribution in [1.82, 2.24) is 10.3 Å². The predicted octanol–water partition coefficient (Wildman–Crippen LogP) is 2.15. The number of carbonyl (C=O) groups excluding carboxylic acids is 1. The minimum absolute atomic E-state index is 0.186. The molecule has 0 radical (unpaired) electrons. The molecule has 2 N–H and O–H groups in total. The molecular weight excluding hydrogens is 372 g/mol. The van der Waals surface area contributed by atoms with Crippen LogP contribution in [0.15, 0.2) is 24.4 Å². The Hall–Kier alpha value is -2.65. The number of ether oxygens (including phenoxy) is 3. The molecule has 2 atom stereocenters. The van der Waals surface area contributed by atoms with E-state index in [9.17, 15) is 14.7 Å². The van der Waals surface area contributed by atoms with E-state index in [-0.39, 0.29) is 12.7 Å². The molecule has 1 amide bonds. The summed E-state index contributed by atoms with van der Waals surface area (Å²) in [5.74, 6) is -0.428. The quantitative estimate of drug-likeness (QED) is 0.805. The van der Waals surface area contributed by atoms with Gasteiger partial charge in [-0.1, -0.05) is 0 Å². The Morgan fingerprint density at radius 3 is 2.93 bits per heavy atom. The summed E-state index contributed by atoms with van der Waals surface area (Å²) in [5, 5.41) is 12.7. The summed E-state index contributed by atoms with van der Waals surface area (Å²) in [6.45, 7) is 1.15. The molecule has 3 heterocycles. The standard InChI is InChI=1S/C18H18N2O6S/c21-16(20-15(18(22)23)11-2-1-5-24-8-11)14-7-19-17(27-14)10-3-4-12-13(6-10)26-9-25-12/h3-4,6-7,11,15H,1-2,5,8-9H2,(H,20,21)(H,22,23). The number of hydrogen-bond donors (Lipinski definition) is 2. The van der Waals surface area contributed by atoms with Crippen LogP contribution in [0.5, 0.6) is 11.5 Å². The molecule has 2 aliphatic rings. The number of aliphatic carboxylic acids is 1. The zero-order valence-corrected chi connectivity index (χ0v) is 15.2. The number of fused-ring (bicyclic) bond motifs is 1. The van der Waals surface area contributed by atoms with E-state index in [1.165, 1.54) is 17.5 Å². The lowest BCUT2D eigenvalue weighted by Gasteiger charge is -2.27. The van der Waals surface area contributed by atoms with Crippen LogP contribution in [0.4, 0.5) is 0 Å². The van der Waals surface area contributed by atoms with Crippen molar-refractivity contribution in [2.24, 2.45) is 5.92 Å². The summed E-state index contributed by atoms with van der Waals surface area (Å²) in [6, 6.07) is 4.46. The van der Waals surface area contributed by atoms with E-state index in [1.807, 2.05) is 12.1 Å². The Kier molecular flexibility index (Phi) is 4.95. The summed E-state index contributed by atoms with van der Waals surface area (Å²) in [7, 11) is 0. The number of carboxylic acids is 1. The second-order valence-electron chi connectivity index (χ2n) is 6.36. The Bertz CT molecular complexity index is 861. The molecule has 2 aliphatic heterocycles. The lowest BCUT2D eigenvalue weighted by molar-refractivity contribution is -0.142. The highest BCUT2D eigenvalue weighted by molar-refractivity contribution is 7.16. The minimum atomic E-state index is -1.06. The summed E-state index contributed by atoms with van der Waals surface area (Å²) in [6.07, 6.45) is 2.96. The number of benzene rings is 1. The maximum Gasteiger partial charge on any atom is 0.326 e. The van der Waals surface area contributed by atoms with Crippen LogP contribution in [0.3, 0.4) is 0 Å². The normalized spacial score (nSPS) is 19.5. The second kappa shape index (κ2) is 7.53. The molecule has 8 nitrogen and oxygen atoms in total. The van der Waals surface area contributed by atoms with Crippen molar-refractivity contribution in [2.75, 3.05) is 20.0 Å². The number of hydrogen-bond acceptors (Lipinski definition) is 7. The van der Waals surface area contributed by atoms with Crippen LogP contribution in [0, 0.1) is 5.92 Å². The van der Waals surface area contributed by atoms with Crippen molar-refractivity contribution in [3.8, 4) is 22.1 Å². The highest BCUT2D eigenvalue weighted by Crippen LogP contribution is 2.37. The van der Waals surface area contributed by atoms with Gasteiger partial charge in [0.2, 0.25) is 6.79 Å². The summed E-state index contributed by atoms with van der Waals surface area (Å²) < 4.78 is 16.0. The molecule has 0 bridgehead atoms. The third kappa shape index (κ3) is 3.74. The number of rotatable bonds is 5. The summed E-state index contributed by atoms with van der Waals surface area (Å²) in [4.78, 5) is 28.8. The highest BCUT2D eigenvalue weighted by Gasteiger charge is 2.32. The largest absolute Gasteiger partial charge is 0.480 e. The third-order valence-corrected chi connectivity index (χ3v) is 5.61. The van der Waals surface area contributed by atoms with Crippen LogP contribution < -0.4 is 14.8 Å². The molecule has 1 aromatic heterocycles. The summed E-state index contributed by atoms with van der Waals surface area (Å²) in [5.41, 5.74) is 0.804. The molecule has 0 aliphatic carbocycles. The highest BCUT2D eigenvalue weighted by atomic mass is 32.1. The van der Waals surface area contributed by atoms with Crippen molar-refractivity contribution >= 4 is 23.2 Å². The van der Waals surface area contributed by atoms with Gasteiger partial charge in [-0.25, -0.2) is 9.78 Å². The van der Waals surface area contributed by atoms with Crippen molar-refractivity contribution in [1.29, 1.82) is 0 Å². The maximum absolute atomic E-state index is 12.5. The van der Waals surface area contributed by atoms with Gasteiger partial charge in [0.15, 0.2) is 11.5 Å². The molecule has 2 aromatic rings. The number of nitrogens with one attached hydrogen (secondary N) is 1. The van der Waals surface area contributed by atoms with Crippen LogP contribution in [0.1, 0.15) is 22.5 Å². The average molecular weight is 390 g/mol. The predicted molar refractivity (Wildman–Crippen MR) is 96.1 cm³/mol. The van der Waals surface area contributed by atoms with E-state index in [2.05, 4.69) is 10.3 Å². The van der Waals surface area contributed by atoms with E-state index >= 15 is 0 Å². The first-order valence-corrected chi connectivity index (χ1v) is 9.41. The van der Waals surface area contributed by atoms with Crippen molar-refractivity contribution in [3.63, 3.8) is 0 Å². The zero-order valence-electron chi connectivity index (χ0n) is 14.3. The Labute approximate surface area is 159 Å². The molecule has 1 saturated heterocycles. The fourth-order valence-corrected chi connectivity index (χ4v) is 3.98. The van der Waals surface area contributed by atoms with Crippen LogP contribution >= 0.6 is 11.3 Å². The van der Waals surface area contributed by atoms with Crippen LogP contribution in [-0.4, -0.2) is 48.0 Å². The maximum atomic E-state index is 12.5. The monoisotopic (exact) mass is 390 g/mol. The number of carboxylic acid groups (broad SMARTS) is 1. The number of carbonyl (C=O) groups is 2. The first-order valence-electron chi connectivity index (χ1n) is 8.59. The van der Waals surface area contributed by atoms with Gasteiger partial charge in [0, 0.05) is 18.1 Å².